The smallest absolute Gasteiger partial charge is 0.192 e. The first-order valence-electron chi connectivity index (χ1n) is 9.63. The van der Waals surface area contributed by atoms with Crippen LogP contribution in [0.15, 0.2) is 83.9 Å². The van der Waals surface area contributed by atoms with Gasteiger partial charge in [0.05, 0.1) is 5.69 Å². The maximum Gasteiger partial charge on any atom is 0.192 e. The zero-order valence-electron chi connectivity index (χ0n) is 16.6. The molecule has 2 aromatic heterocycles. The summed E-state index contributed by atoms with van der Waals surface area (Å²) >= 11 is 3.28. The van der Waals surface area contributed by atoms with Gasteiger partial charge in [-0.15, -0.1) is 28.1 Å². The Kier molecular flexibility index (Phi) is 6.61. The topological polar surface area (TPSA) is 52.8 Å². The van der Waals surface area contributed by atoms with Crippen LogP contribution in [0.25, 0.3) is 10.6 Å². The van der Waals surface area contributed by atoms with E-state index in [1.807, 2.05) is 61.5 Å². The second-order valence-corrected chi connectivity index (χ2v) is 8.41. The van der Waals surface area contributed by atoms with Gasteiger partial charge in [-0.25, -0.2) is 4.98 Å². The highest BCUT2D eigenvalue weighted by Gasteiger charge is 2.19. The maximum absolute atomic E-state index is 6.04. The van der Waals surface area contributed by atoms with Crippen molar-refractivity contribution in [3.05, 3.63) is 90.2 Å². The third-order valence-corrected chi connectivity index (χ3v) is 6.34. The Bertz CT molecular complexity index is 1090. The molecular weight excluding hydrogens is 412 g/mol. The fraction of sp³-hybridized carbons (Fsp3) is 0.174. The van der Waals surface area contributed by atoms with Crippen LogP contribution in [0.5, 0.6) is 5.75 Å². The summed E-state index contributed by atoms with van der Waals surface area (Å²) in [7, 11) is 0. The molecule has 0 aliphatic rings. The van der Waals surface area contributed by atoms with Gasteiger partial charge in [0.2, 0.25) is 0 Å². The Morgan fingerprint density at radius 1 is 1.10 bits per heavy atom. The highest BCUT2D eigenvalue weighted by atomic mass is 32.2. The Labute approximate surface area is 184 Å². The van der Waals surface area contributed by atoms with E-state index in [0.29, 0.717) is 6.54 Å². The molecule has 1 unspecified atom stereocenters. The average molecular weight is 435 g/mol. The molecule has 0 saturated heterocycles. The van der Waals surface area contributed by atoms with Gasteiger partial charge in [-0.05, 0) is 19.1 Å². The monoisotopic (exact) mass is 434 g/mol. The third-order valence-electron chi connectivity index (χ3n) is 4.40. The van der Waals surface area contributed by atoms with Crippen LogP contribution in [0.1, 0.15) is 24.5 Å². The van der Waals surface area contributed by atoms with Crippen molar-refractivity contribution >= 4 is 23.1 Å². The summed E-state index contributed by atoms with van der Waals surface area (Å²) in [6, 6.07) is 20.0. The molecule has 2 aromatic carbocycles. The van der Waals surface area contributed by atoms with E-state index in [1.54, 1.807) is 23.1 Å². The minimum atomic E-state index is -0.224. The van der Waals surface area contributed by atoms with Gasteiger partial charge in [0.15, 0.2) is 17.1 Å². The van der Waals surface area contributed by atoms with Gasteiger partial charge >= 0.3 is 0 Å². The number of benzene rings is 2. The largest absolute Gasteiger partial charge is 0.483 e. The number of hydrogen-bond acceptors (Lipinski definition) is 6. The van der Waals surface area contributed by atoms with Crippen molar-refractivity contribution in [2.75, 3.05) is 0 Å². The molecule has 0 saturated carbocycles. The highest BCUT2D eigenvalue weighted by molar-refractivity contribution is 7.98. The highest BCUT2D eigenvalue weighted by Crippen LogP contribution is 2.29. The summed E-state index contributed by atoms with van der Waals surface area (Å²) in [5, 5.41) is 12.8. The number of thioether (sulfide) groups is 1. The molecule has 0 aliphatic heterocycles. The summed E-state index contributed by atoms with van der Waals surface area (Å²) in [5.41, 5.74) is 2.18. The summed E-state index contributed by atoms with van der Waals surface area (Å²) in [5.74, 6) is 2.32. The molecule has 152 valence electrons. The maximum atomic E-state index is 6.04. The Balaban J connectivity index is 1.47. The Morgan fingerprint density at radius 3 is 2.57 bits per heavy atom. The van der Waals surface area contributed by atoms with Crippen molar-refractivity contribution in [1.82, 2.24) is 19.7 Å². The fourth-order valence-electron chi connectivity index (χ4n) is 2.99. The molecule has 4 rings (SSSR count). The first-order valence-corrected chi connectivity index (χ1v) is 11.5. The summed E-state index contributed by atoms with van der Waals surface area (Å²) in [6.07, 6.45) is 1.63. The van der Waals surface area contributed by atoms with Crippen molar-refractivity contribution in [3.63, 3.8) is 0 Å². The number of allylic oxidation sites excluding steroid dienone is 1. The van der Waals surface area contributed by atoms with E-state index in [1.165, 1.54) is 0 Å². The number of rotatable bonds is 9. The second kappa shape index (κ2) is 9.73. The standard InChI is InChI=1S/C23H22N4OS2/c1-3-14-27-21(17(2)28-20-12-8-5-9-13-20)25-26-23(27)30-16-19-15-29-22(24-19)18-10-6-4-7-11-18/h3-13,15,17H,1,14,16H2,2H3. The lowest BCUT2D eigenvalue weighted by Gasteiger charge is -2.15. The lowest BCUT2D eigenvalue weighted by Crippen LogP contribution is -2.12. The average Bonchev–Trinajstić information content (AvgIpc) is 3.41. The zero-order chi connectivity index (χ0) is 20.8. The van der Waals surface area contributed by atoms with Gasteiger partial charge in [0.1, 0.15) is 10.8 Å². The third kappa shape index (κ3) is 4.80. The van der Waals surface area contributed by atoms with Gasteiger partial charge in [-0.3, -0.25) is 4.57 Å². The molecule has 0 bridgehead atoms. The van der Waals surface area contributed by atoms with Crippen LogP contribution >= 0.6 is 23.1 Å². The van der Waals surface area contributed by atoms with E-state index in [0.717, 1.165) is 38.7 Å². The van der Waals surface area contributed by atoms with Crippen LogP contribution in [-0.2, 0) is 12.3 Å². The zero-order valence-corrected chi connectivity index (χ0v) is 18.3. The van der Waals surface area contributed by atoms with Gasteiger partial charge in [0, 0.05) is 23.2 Å². The molecule has 4 aromatic rings. The molecule has 30 heavy (non-hydrogen) atoms. The predicted molar refractivity (Wildman–Crippen MR) is 123 cm³/mol. The van der Waals surface area contributed by atoms with Crippen molar-refractivity contribution in [1.29, 1.82) is 0 Å². The van der Waals surface area contributed by atoms with Crippen LogP contribution in [0, 0.1) is 0 Å². The van der Waals surface area contributed by atoms with Crippen molar-refractivity contribution in [2.45, 2.75) is 30.5 Å². The summed E-state index contributed by atoms with van der Waals surface area (Å²) in [6.45, 7) is 6.49. The second-order valence-electron chi connectivity index (χ2n) is 6.61. The van der Waals surface area contributed by atoms with Crippen molar-refractivity contribution in [2.24, 2.45) is 0 Å². The Morgan fingerprint density at radius 2 is 1.83 bits per heavy atom. The van der Waals surface area contributed by atoms with Crippen LogP contribution in [-0.4, -0.2) is 19.7 Å². The number of para-hydroxylation sites is 1. The van der Waals surface area contributed by atoms with E-state index in [-0.39, 0.29) is 6.10 Å². The lowest BCUT2D eigenvalue weighted by molar-refractivity contribution is 0.210. The molecule has 7 heteroatoms. The van der Waals surface area contributed by atoms with Crippen LogP contribution in [0.4, 0.5) is 0 Å². The molecule has 2 heterocycles. The van der Waals surface area contributed by atoms with Gasteiger partial charge in [0.25, 0.3) is 0 Å². The molecule has 0 N–H and O–H groups in total. The molecule has 1 atom stereocenters. The minimum Gasteiger partial charge on any atom is -0.483 e. The Hall–Kier alpha value is -2.90. The SMILES string of the molecule is C=CCn1c(SCc2csc(-c3ccccc3)n2)nnc1C(C)Oc1ccccc1. The van der Waals surface area contributed by atoms with Crippen LogP contribution in [0.2, 0.25) is 0 Å². The van der Waals surface area contributed by atoms with Crippen molar-refractivity contribution < 1.29 is 4.74 Å². The molecule has 0 fully saturated rings. The summed E-state index contributed by atoms with van der Waals surface area (Å²) in [4.78, 5) is 4.76. The first-order chi connectivity index (χ1) is 14.7. The quantitative estimate of drug-likeness (QED) is 0.238. The van der Waals surface area contributed by atoms with E-state index in [9.17, 15) is 0 Å². The molecule has 0 aliphatic carbocycles. The van der Waals surface area contributed by atoms with Gasteiger partial charge < -0.3 is 4.74 Å². The van der Waals surface area contributed by atoms with Gasteiger partial charge in [-0.1, -0.05) is 66.4 Å². The molecule has 0 radical (unpaired) electrons. The van der Waals surface area contributed by atoms with Crippen molar-refractivity contribution in [3.8, 4) is 16.3 Å². The number of hydrogen-bond donors (Lipinski definition) is 0. The molecular formula is C23H22N4OS2. The van der Waals surface area contributed by atoms with E-state index in [2.05, 4.69) is 38.9 Å². The van der Waals surface area contributed by atoms with Crippen LogP contribution in [0.3, 0.4) is 0 Å². The number of aromatic nitrogens is 4. The molecule has 0 spiro atoms. The van der Waals surface area contributed by atoms with E-state index >= 15 is 0 Å². The van der Waals surface area contributed by atoms with Crippen LogP contribution < -0.4 is 4.74 Å². The molecule has 5 nitrogen and oxygen atoms in total. The fourth-order valence-corrected chi connectivity index (χ4v) is 4.77. The number of ether oxygens (including phenoxy) is 1. The lowest BCUT2D eigenvalue weighted by atomic mass is 10.2. The number of nitrogens with zero attached hydrogens (tertiary/aromatic N) is 4. The normalized spacial score (nSPS) is 11.9. The summed E-state index contributed by atoms with van der Waals surface area (Å²) < 4.78 is 8.09. The predicted octanol–water partition coefficient (Wildman–Crippen LogP) is 6.02. The minimum absolute atomic E-state index is 0.224. The van der Waals surface area contributed by atoms with Gasteiger partial charge in [-0.2, -0.15) is 0 Å². The molecule has 0 amide bonds. The van der Waals surface area contributed by atoms with E-state index < -0.39 is 0 Å². The number of thiazole rings is 1. The first kappa shape index (κ1) is 20.4. The van der Waals surface area contributed by atoms with E-state index in [4.69, 9.17) is 9.72 Å².